The van der Waals surface area contributed by atoms with Crippen molar-refractivity contribution in [2.75, 3.05) is 39.5 Å². The van der Waals surface area contributed by atoms with Crippen LogP contribution in [0.1, 0.15) is 25.8 Å². The van der Waals surface area contributed by atoms with Crippen LogP contribution in [0.25, 0.3) is 0 Å². The molecule has 0 heterocycles. The summed E-state index contributed by atoms with van der Waals surface area (Å²) in [6.07, 6.45) is 0.726. The van der Waals surface area contributed by atoms with Crippen LogP contribution in [0.15, 0.2) is 30.3 Å². The Bertz CT molecular complexity index is 609. The Morgan fingerprint density at radius 2 is 1.93 bits per heavy atom. The van der Waals surface area contributed by atoms with Crippen LogP contribution in [0.2, 0.25) is 0 Å². The van der Waals surface area contributed by atoms with Gasteiger partial charge in [-0.1, -0.05) is 36.0 Å². The highest BCUT2D eigenvalue weighted by Gasteiger charge is 2.61. The average Bonchev–Trinajstić information content (AvgIpc) is 3.43. The largest absolute Gasteiger partial charge is 0.369 e. The number of carbonyl (C=O) groups excluding carboxylic acids is 2. The Morgan fingerprint density at radius 1 is 1.22 bits per heavy atom. The molecule has 2 rings (SSSR count). The van der Waals surface area contributed by atoms with E-state index in [2.05, 4.69) is 10.2 Å². The zero-order valence-corrected chi connectivity index (χ0v) is 15.9. The number of amides is 2. The van der Waals surface area contributed by atoms with Gasteiger partial charge in [0.05, 0.1) is 18.6 Å². The number of nitrogens with one attached hydrogen (secondary N) is 2. The molecule has 27 heavy (non-hydrogen) atoms. The second-order valence-electron chi connectivity index (χ2n) is 6.51. The summed E-state index contributed by atoms with van der Waals surface area (Å²) in [5.74, 6) is -0.0437. The van der Waals surface area contributed by atoms with Crippen LogP contribution in [-0.2, 0) is 24.6 Å². The van der Waals surface area contributed by atoms with Crippen LogP contribution >= 0.6 is 0 Å². The minimum atomic E-state index is -0.554. The van der Waals surface area contributed by atoms with Crippen LogP contribution in [-0.4, -0.2) is 61.4 Å². The van der Waals surface area contributed by atoms with E-state index in [0.29, 0.717) is 19.6 Å². The summed E-state index contributed by atoms with van der Waals surface area (Å²) in [5, 5.41) is 11.1. The second kappa shape index (κ2) is 10.4. The lowest BCUT2D eigenvalue weighted by Crippen LogP contribution is -2.41. The molecule has 3 N–H and O–H groups in total. The lowest BCUT2D eigenvalue weighted by atomic mass is 9.91. The van der Waals surface area contributed by atoms with Crippen molar-refractivity contribution in [2.24, 2.45) is 5.92 Å². The van der Waals surface area contributed by atoms with Gasteiger partial charge in [0.2, 0.25) is 11.8 Å². The number of rotatable bonds is 12. The fourth-order valence-electron chi connectivity index (χ4n) is 3.44. The van der Waals surface area contributed by atoms with E-state index in [0.717, 1.165) is 12.0 Å². The molecule has 8 heteroatoms. The molecule has 8 nitrogen and oxygen atoms in total. The van der Waals surface area contributed by atoms with E-state index in [4.69, 9.17) is 9.94 Å². The fraction of sp³-hybridized carbons (Fsp3) is 0.579. The minimum absolute atomic E-state index is 0.0684. The first-order chi connectivity index (χ1) is 13.1. The van der Waals surface area contributed by atoms with E-state index in [1.165, 1.54) is 0 Å². The predicted molar refractivity (Wildman–Crippen MR) is 98.9 cm³/mol. The van der Waals surface area contributed by atoms with Crippen molar-refractivity contribution in [1.82, 2.24) is 15.9 Å². The molecule has 150 valence electrons. The number of hydrogen-bond acceptors (Lipinski definition) is 6. The highest BCUT2D eigenvalue weighted by Crippen LogP contribution is 2.55. The van der Waals surface area contributed by atoms with Gasteiger partial charge < -0.3 is 15.0 Å². The van der Waals surface area contributed by atoms with E-state index in [1.807, 2.05) is 49.1 Å². The van der Waals surface area contributed by atoms with Crippen LogP contribution in [0.5, 0.6) is 0 Å². The third-order valence-corrected chi connectivity index (χ3v) is 5.00. The van der Waals surface area contributed by atoms with Gasteiger partial charge in [-0.15, -0.1) is 0 Å². The van der Waals surface area contributed by atoms with Crippen molar-refractivity contribution in [3.8, 4) is 0 Å². The van der Waals surface area contributed by atoms with Gasteiger partial charge in [0.15, 0.2) is 0 Å². The number of ether oxygens (including phenoxy) is 1. The summed E-state index contributed by atoms with van der Waals surface area (Å²) >= 11 is 0. The molecule has 0 spiro atoms. The van der Waals surface area contributed by atoms with Crippen LogP contribution in [0.4, 0.5) is 0 Å². The number of likely N-dealkylation sites (N-methyl/N-ethyl adjacent to an activating group) is 1. The minimum Gasteiger partial charge on any atom is -0.369 e. The standard InChI is InChI=1S/C19H29N3O5/c1-3-22(4-2)18(24)19(15-8-6-5-7-9-15)12-16(19)13-20-17(23)14-26-10-11-27-21-25/h5-9,16,21,25H,3-4,10-14H2,1-2H3,(H,20,23)/t16-,19+/m1/s1. The summed E-state index contributed by atoms with van der Waals surface area (Å²) in [4.78, 5) is 31.4. The van der Waals surface area contributed by atoms with Gasteiger partial charge in [-0.25, -0.2) is 0 Å². The maximum Gasteiger partial charge on any atom is 0.246 e. The molecule has 1 saturated carbocycles. The number of nitrogens with zero attached hydrogens (tertiary/aromatic N) is 1. The highest BCUT2D eigenvalue weighted by molar-refractivity contribution is 5.92. The smallest absolute Gasteiger partial charge is 0.246 e. The SMILES string of the molecule is CCN(CC)C(=O)[C@]1(c2ccccc2)C[C@@H]1CNC(=O)COCCONO. The first-order valence-corrected chi connectivity index (χ1v) is 9.30. The van der Waals surface area contributed by atoms with E-state index in [1.54, 1.807) is 5.64 Å². The maximum absolute atomic E-state index is 13.2. The summed E-state index contributed by atoms with van der Waals surface area (Å²) < 4.78 is 5.14. The van der Waals surface area contributed by atoms with Crippen molar-refractivity contribution >= 4 is 11.8 Å². The van der Waals surface area contributed by atoms with Crippen molar-refractivity contribution < 1.29 is 24.4 Å². The lowest BCUT2D eigenvalue weighted by Gasteiger charge is -2.26. The predicted octanol–water partition coefficient (Wildman–Crippen LogP) is 0.856. The van der Waals surface area contributed by atoms with Gasteiger partial charge in [0.1, 0.15) is 6.61 Å². The Kier molecular flexibility index (Phi) is 8.18. The number of hydrogen-bond donors (Lipinski definition) is 3. The maximum atomic E-state index is 13.2. The summed E-state index contributed by atoms with van der Waals surface area (Å²) in [6.45, 7) is 5.94. The molecule has 0 radical (unpaired) electrons. The highest BCUT2D eigenvalue weighted by atomic mass is 16.8. The van der Waals surface area contributed by atoms with Gasteiger partial charge in [0, 0.05) is 19.6 Å². The number of carbonyl (C=O) groups is 2. The summed E-state index contributed by atoms with van der Waals surface area (Å²) in [5.41, 5.74) is 1.99. The Morgan fingerprint density at radius 3 is 2.56 bits per heavy atom. The van der Waals surface area contributed by atoms with Crippen LogP contribution in [0, 0.1) is 5.92 Å². The topological polar surface area (TPSA) is 100 Å². The Balaban J connectivity index is 1.93. The molecule has 0 saturated heterocycles. The number of benzene rings is 1. The van der Waals surface area contributed by atoms with E-state index >= 15 is 0 Å². The summed E-state index contributed by atoms with van der Waals surface area (Å²) in [6, 6.07) is 9.80. The Hall–Kier alpha value is -2.00. The van der Waals surface area contributed by atoms with Gasteiger partial charge in [-0.05, 0) is 31.7 Å². The molecule has 1 fully saturated rings. The third-order valence-electron chi connectivity index (χ3n) is 5.00. The van der Waals surface area contributed by atoms with E-state index in [9.17, 15) is 9.59 Å². The van der Waals surface area contributed by atoms with E-state index < -0.39 is 5.41 Å². The second-order valence-corrected chi connectivity index (χ2v) is 6.51. The van der Waals surface area contributed by atoms with Crippen LogP contribution < -0.4 is 11.0 Å². The molecule has 0 aromatic heterocycles. The molecule has 0 aliphatic heterocycles. The zero-order valence-electron chi connectivity index (χ0n) is 15.9. The lowest BCUT2D eigenvalue weighted by molar-refractivity contribution is -0.142. The van der Waals surface area contributed by atoms with Crippen LogP contribution in [0.3, 0.4) is 0 Å². The Labute approximate surface area is 159 Å². The first kappa shape index (κ1) is 21.3. The normalized spacial score (nSPS) is 20.9. The molecule has 2 amide bonds. The molecule has 1 aromatic rings. The molecule has 1 aliphatic carbocycles. The zero-order chi connectivity index (χ0) is 19.7. The molecule has 1 aromatic carbocycles. The van der Waals surface area contributed by atoms with Gasteiger partial charge >= 0.3 is 0 Å². The molecule has 0 bridgehead atoms. The first-order valence-electron chi connectivity index (χ1n) is 9.30. The monoisotopic (exact) mass is 379 g/mol. The molecule has 0 unspecified atom stereocenters. The van der Waals surface area contributed by atoms with E-state index in [-0.39, 0.29) is 37.6 Å². The summed E-state index contributed by atoms with van der Waals surface area (Å²) in [7, 11) is 0. The molecule has 2 atom stereocenters. The van der Waals surface area contributed by atoms with Crippen molar-refractivity contribution in [1.29, 1.82) is 0 Å². The van der Waals surface area contributed by atoms with Crippen molar-refractivity contribution in [2.45, 2.75) is 25.7 Å². The van der Waals surface area contributed by atoms with Gasteiger partial charge in [0.25, 0.3) is 0 Å². The molecular weight excluding hydrogens is 350 g/mol. The van der Waals surface area contributed by atoms with Gasteiger partial charge in [-0.2, -0.15) is 0 Å². The quantitative estimate of drug-likeness (QED) is 0.368. The molecular formula is C19H29N3O5. The molecule has 1 aliphatic rings. The average molecular weight is 379 g/mol. The van der Waals surface area contributed by atoms with Gasteiger partial charge in [-0.3, -0.25) is 19.6 Å². The van der Waals surface area contributed by atoms with Crippen molar-refractivity contribution in [3.63, 3.8) is 0 Å². The fourth-order valence-corrected chi connectivity index (χ4v) is 3.44. The van der Waals surface area contributed by atoms with Crippen molar-refractivity contribution in [3.05, 3.63) is 35.9 Å². The third kappa shape index (κ3) is 5.26.